The molecule has 31 heavy (non-hydrogen) atoms. The highest BCUT2D eigenvalue weighted by atomic mass is 16.7. The summed E-state index contributed by atoms with van der Waals surface area (Å²) >= 11 is 0. The number of esters is 1. The SMILES string of the molecule is COCOc1cc(CC(=O)OC)c(-c2ccc(CCC(C)=NOC)o2)c(OCOC)c1. The molecule has 0 saturated heterocycles. The Kier molecular flexibility index (Phi) is 9.86. The summed E-state index contributed by atoms with van der Waals surface area (Å²) < 4.78 is 32.3. The van der Waals surface area contributed by atoms with Crippen molar-refractivity contribution in [3.63, 3.8) is 0 Å². The molecule has 170 valence electrons. The van der Waals surface area contributed by atoms with Crippen LogP contribution in [0.1, 0.15) is 24.7 Å². The van der Waals surface area contributed by atoms with E-state index in [-0.39, 0.29) is 20.0 Å². The summed E-state index contributed by atoms with van der Waals surface area (Å²) in [4.78, 5) is 16.8. The number of ether oxygens (including phenoxy) is 5. The predicted molar refractivity (Wildman–Crippen MR) is 113 cm³/mol. The van der Waals surface area contributed by atoms with Crippen molar-refractivity contribution in [2.24, 2.45) is 5.16 Å². The maximum absolute atomic E-state index is 12.1. The molecule has 2 aromatic rings. The number of methoxy groups -OCH3 is 3. The second-order valence-electron chi connectivity index (χ2n) is 6.59. The Labute approximate surface area is 181 Å². The Morgan fingerprint density at radius 3 is 2.45 bits per heavy atom. The lowest BCUT2D eigenvalue weighted by Crippen LogP contribution is -2.09. The molecule has 0 spiro atoms. The maximum atomic E-state index is 12.1. The zero-order valence-electron chi connectivity index (χ0n) is 18.6. The summed E-state index contributed by atoms with van der Waals surface area (Å²) in [7, 11) is 5.90. The van der Waals surface area contributed by atoms with Crippen LogP contribution in [0.15, 0.2) is 33.8 Å². The highest BCUT2D eigenvalue weighted by molar-refractivity contribution is 5.82. The first-order chi connectivity index (χ1) is 15.0. The normalized spacial score (nSPS) is 11.3. The molecule has 0 radical (unpaired) electrons. The van der Waals surface area contributed by atoms with Crippen molar-refractivity contribution >= 4 is 11.7 Å². The smallest absolute Gasteiger partial charge is 0.310 e. The zero-order chi connectivity index (χ0) is 22.6. The minimum Gasteiger partial charge on any atom is -0.469 e. The van der Waals surface area contributed by atoms with Crippen LogP contribution in [-0.4, -0.2) is 53.7 Å². The van der Waals surface area contributed by atoms with E-state index in [1.54, 1.807) is 12.1 Å². The van der Waals surface area contributed by atoms with E-state index >= 15 is 0 Å². The van der Waals surface area contributed by atoms with Gasteiger partial charge in [-0.25, -0.2) is 0 Å². The number of nitrogens with zero attached hydrogens (tertiary/aromatic N) is 1. The third-order valence-corrected chi connectivity index (χ3v) is 4.28. The van der Waals surface area contributed by atoms with Crippen LogP contribution in [0.2, 0.25) is 0 Å². The fraction of sp³-hybridized carbons (Fsp3) is 0.455. The third kappa shape index (κ3) is 7.30. The van der Waals surface area contributed by atoms with Crippen molar-refractivity contribution in [3.05, 3.63) is 35.6 Å². The molecule has 0 saturated carbocycles. The minimum atomic E-state index is -0.402. The van der Waals surface area contributed by atoms with E-state index in [1.165, 1.54) is 28.4 Å². The van der Waals surface area contributed by atoms with E-state index in [9.17, 15) is 4.79 Å². The molecule has 0 fully saturated rings. The number of hydrogen-bond acceptors (Lipinski definition) is 9. The molecule has 1 aromatic heterocycles. The maximum Gasteiger partial charge on any atom is 0.310 e. The van der Waals surface area contributed by atoms with Gasteiger partial charge in [-0.05, 0) is 37.1 Å². The molecule has 0 amide bonds. The molecular formula is C22H29NO8. The van der Waals surface area contributed by atoms with Gasteiger partial charge in [0.25, 0.3) is 0 Å². The van der Waals surface area contributed by atoms with Crippen LogP contribution in [0, 0.1) is 0 Å². The van der Waals surface area contributed by atoms with Crippen molar-refractivity contribution in [1.82, 2.24) is 0 Å². The Hall–Kier alpha value is -3.04. The van der Waals surface area contributed by atoms with E-state index in [2.05, 4.69) is 5.16 Å². The average Bonchev–Trinajstić information content (AvgIpc) is 3.23. The molecule has 0 aliphatic rings. The predicted octanol–water partition coefficient (Wildman–Crippen LogP) is 3.58. The second kappa shape index (κ2) is 12.6. The van der Waals surface area contributed by atoms with Crippen LogP contribution in [0.5, 0.6) is 11.5 Å². The lowest BCUT2D eigenvalue weighted by atomic mass is 10.0. The van der Waals surface area contributed by atoms with Gasteiger partial charge in [0.15, 0.2) is 13.6 Å². The Bertz CT molecular complexity index is 874. The molecule has 0 atom stereocenters. The molecule has 0 N–H and O–H groups in total. The Balaban J connectivity index is 2.44. The van der Waals surface area contributed by atoms with Gasteiger partial charge >= 0.3 is 5.97 Å². The van der Waals surface area contributed by atoms with Crippen molar-refractivity contribution in [2.45, 2.75) is 26.2 Å². The van der Waals surface area contributed by atoms with Crippen molar-refractivity contribution in [3.8, 4) is 22.8 Å². The van der Waals surface area contributed by atoms with E-state index in [4.69, 9.17) is 32.9 Å². The molecule has 1 heterocycles. The molecule has 1 aromatic carbocycles. The van der Waals surface area contributed by atoms with Gasteiger partial charge in [-0.2, -0.15) is 0 Å². The lowest BCUT2D eigenvalue weighted by molar-refractivity contribution is -0.139. The molecule has 0 bridgehead atoms. The summed E-state index contributed by atoms with van der Waals surface area (Å²) in [5.74, 6) is 1.85. The summed E-state index contributed by atoms with van der Waals surface area (Å²) in [5, 5.41) is 3.91. The van der Waals surface area contributed by atoms with Crippen LogP contribution >= 0.6 is 0 Å². The molecule has 0 unspecified atom stereocenters. The van der Waals surface area contributed by atoms with E-state index in [0.717, 1.165) is 11.5 Å². The topological polar surface area (TPSA) is 98.0 Å². The largest absolute Gasteiger partial charge is 0.469 e. The van der Waals surface area contributed by atoms with Gasteiger partial charge < -0.3 is 32.9 Å². The minimum absolute atomic E-state index is 0.00892. The van der Waals surface area contributed by atoms with Gasteiger partial charge in [-0.15, -0.1) is 0 Å². The molecule has 0 aliphatic heterocycles. The van der Waals surface area contributed by atoms with Gasteiger partial charge in [-0.3, -0.25) is 4.79 Å². The monoisotopic (exact) mass is 435 g/mol. The van der Waals surface area contributed by atoms with Crippen LogP contribution < -0.4 is 9.47 Å². The number of furan rings is 1. The highest BCUT2D eigenvalue weighted by Crippen LogP contribution is 2.39. The summed E-state index contributed by atoms with van der Waals surface area (Å²) in [6.07, 6.45) is 1.34. The molecule has 9 nitrogen and oxygen atoms in total. The average molecular weight is 435 g/mol. The first-order valence-electron chi connectivity index (χ1n) is 9.65. The highest BCUT2D eigenvalue weighted by Gasteiger charge is 2.21. The van der Waals surface area contributed by atoms with Crippen LogP contribution in [0.4, 0.5) is 0 Å². The van der Waals surface area contributed by atoms with Crippen molar-refractivity contribution < 1.29 is 37.7 Å². The van der Waals surface area contributed by atoms with E-state index in [1.807, 2.05) is 19.1 Å². The van der Waals surface area contributed by atoms with Gasteiger partial charge in [-0.1, -0.05) is 5.16 Å². The van der Waals surface area contributed by atoms with Gasteiger partial charge in [0.1, 0.15) is 30.1 Å². The zero-order valence-corrected chi connectivity index (χ0v) is 18.6. The number of benzene rings is 1. The van der Waals surface area contributed by atoms with Crippen LogP contribution in [0.3, 0.4) is 0 Å². The Morgan fingerprint density at radius 2 is 1.77 bits per heavy atom. The second-order valence-corrected chi connectivity index (χ2v) is 6.59. The molecule has 9 heteroatoms. The number of carbonyl (C=O) groups is 1. The first-order valence-corrected chi connectivity index (χ1v) is 9.65. The first kappa shape index (κ1) is 24.2. The number of rotatable bonds is 13. The summed E-state index contributed by atoms with van der Waals surface area (Å²) in [5.41, 5.74) is 2.11. The Morgan fingerprint density at radius 1 is 1.03 bits per heavy atom. The van der Waals surface area contributed by atoms with Crippen molar-refractivity contribution in [1.29, 1.82) is 0 Å². The fourth-order valence-corrected chi connectivity index (χ4v) is 2.89. The summed E-state index contributed by atoms with van der Waals surface area (Å²) in [6.45, 7) is 1.95. The van der Waals surface area contributed by atoms with Gasteiger partial charge in [0.2, 0.25) is 0 Å². The lowest BCUT2D eigenvalue weighted by Gasteiger charge is -2.16. The quantitative estimate of drug-likeness (QED) is 0.204. The van der Waals surface area contributed by atoms with Gasteiger partial charge in [0, 0.05) is 26.7 Å². The standard InChI is InChI=1S/C22H29NO8/c1-15(23-28-5)6-7-17-8-9-19(31-17)22-16(11-21(24)27-4)10-18(29-13-25-2)12-20(22)30-14-26-3/h8-10,12H,6-7,11,13-14H2,1-5H3. The number of oxime groups is 1. The van der Waals surface area contributed by atoms with Gasteiger partial charge in [0.05, 0.1) is 24.8 Å². The van der Waals surface area contributed by atoms with Crippen molar-refractivity contribution in [2.75, 3.05) is 42.0 Å². The third-order valence-electron chi connectivity index (χ3n) is 4.28. The van der Waals surface area contributed by atoms with E-state index in [0.29, 0.717) is 41.2 Å². The molecular weight excluding hydrogens is 406 g/mol. The van der Waals surface area contributed by atoms with E-state index < -0.39 is 5.97 Å². The number of aryl methyl sites for hydroxylation is 1. The number of carbonyl (C=O) groups excluding carboxylic acids is 1. The fourth-order valence-electron chi connectivity index (χ4n) is 2.89. The van der Waals surface area contributed by atoms with Crippen LogP contribution in [0.25, 0.3) is 11.3 Å². The van der Waals surface area contributed by atoms with Crippen LogP contribution in [-0.2, 0) is 36.7 Å². The summed E-state index contributed by atoms with van der Waals surface area (Å²) in [6, 6.07) is 7.16. The number of hydrogen-bond donors (Lipinski definition) is 0. The molecule has 2 rings (SSSR count). The molecule has 0 aliphatic carbocycles.